The van der Waals surface area contributed by atoms with E-state index < -0.39 is 17.6 Å². The van der Waals surface area contributed by atoms with Crippen LogP contribution in [0.1, 0.15) is 31.3 Å². The van der Waals surface area contributed by atoms with Crippen molar-refractivity contribution < 1.29 is 19.5 Å². The Morgan fingerprint density at radius 2 is 1.73 bits per heavy atom. The number of aromatic carboxylic acids is 1. The average Bonchev–Trinajstić information content (AvgIpc) is 2.54. The van der Waals surface area contributed by atoms with Crippen LogP contribution in [-0.2, 0) is 0 Å². The van der Waals surface area contributed by atoms with Gasteiger partial charge in [0.05, 0.1) is 0 Å². The predicted molar refractivity (Wildman–Crippen MR) is 76.8 cm³/mol. The van der Waals surface area contributed by atoms with Crippen LogP contribution in [0, 0.1) is 0 Å². The number of benzene rings is 1. The van der Waals surface area contributed by atoms with Gasteiger partial charge in [-0.1, -0.05) is 6.07 Å². The standard InChI is InChI=1S/C14H12N4O4/c1-15-12(19)8-3-2-4-9(7-8)18-13(20)10-11(14(21)22)17-6-5-16-10/h2-7H,1H3,(H,15,19)(H,18,20)(H,21,22). The van der Waals surface area contributed by atoms with E-state index in [4.69, 9.17) is 5.11 Å². The highest BCUT2D eigenvalue weighted by atomic mass is 16.4. The number of amides is 2. The van der Waals surface area contributed by atoms with Crippen molar-refractivity contribution in [3.05, 3.63) is 53.6 Å². The van der Waals surface area contributed by atoms with Gasteiger partial charge in [0.15, 0.2) is 11.4 Å². The van der Waals surface area contributed by atoms with Crippen LogP contribution in [0.3, 0.4) is 0 Å². The Morgan fingerprint density at radius 3 is 2.36 bits per heavy atom. The number of hydrogen-bond acceptors (Lipinski definition) is 5. The van der Waals surface area contributed by atoms with Crippen LogP contribution in [0.2, 0.25) is 0 Å². The van der Waals surface area contributed by atoms with Gasteiger partial charge in [-0.05, 0) is 18.2 Å². The molecule has 0 unspecified atom stereocenters. The third kappa shape index (κ3) is 3.23. The lowest BCUT2D eigenvalue weighted by atomic mass is 10.2. The Morgan fingerprint density at radius 1 is 1.05 bits per heavy atom. The normalized spacial score (nSPS) is 9.86. The van der Waals surface area contributed by atoms with Gasteiger partial charge < -0.3 is 15.7 Å². The predicted octanol–water partition coefficient (Wildman–Crippen LogP) is 0.787. The summed E-state index contributed by atoms with van der Waals surface area (Å²) in [6.07, 6.45) is 2.41. The van der Waals surface area contributed by atoms with Gasteiger partial charge in [0.2, 0.25) is 0 Å². The molecule has 2 rings (SSSR count). The van der Waals surface area contributed by atoms with Crippen molar-refractivity contribution in [1.82, 2.24) is 15.3 Å². The van der Waals surface area contributed by atoms with Crippen LogP contribution < -0.4 is 10.6 Å². The molecule has 0 bridgehead atoms. The number of nitrogens with one attached hydrogen (secondary N) is 2. The lowest BCUT2D eigenvalue weighted by Gasteiger charge is -2.07. The molecule has 0 atom stereocenters. The minimum absolute atomic E-state index is 0.304. The Labute approximate surface area is 125 Å². The van der Waals surface area contributed by atoms with E-state index in [9.17, 15) is 14.4 Å². The van der Waals surface area contributed by atoms with Crippen LogP contribution in [0.5, 0.6) is 0 Å². The topological polar surface area (TPSA) is 121 Å². The van der Waals surface area contributed by atoms with Gasteiger partial charge in [-0.2, -0.15) is 0 Å². The lowest BCUT2D eigenvalue weighted by Crippen LogP contribution is -2.20. The summed E-state index contributed by atoms with van der Waals surface area (Å²) in [6, 6.07) is 6.21. The van der Waals surface area contributed by atoms with E-state index in [1.54, 1.807) is 18.2 Å². The molecular formula is C14H12N4O4. The van der Waals surface area contributed by atoms with Gasteiger partial charge in [0.25, 0.3) is 11.8 Å². The summed E-state index contributed by atoms with van der Waals surface area (Å²) in [5.41, 5.74) is -0.0474. The second kappa shape index (κ2) is 6.44. The highest BCUT2D eigenvalue weighted by Crippen LogP contribution is 2.12. The average molecular weight is 300 g/mol. The van der Waals surface area contributed by atoms with Crippen LogP contribution in [-0.4, -0.2) is 39.9 Å². The molecule has 1 heterocycles. The number of carbonyl (C=O) groups excluding carboxylic acids is 2. The summed E-state index contributed by atoms with van der Waals surface area (Å²) in [4.78, 5) is 42.0. The Kier molecular flexibility index (Phi) is 4.42. The molecule has 0 radical (unpaired) electrons. The molecule has 0 fully saturated rings. The van der Waals surface area contributed by atoms with E-state index in [2.05, 4.69) is 20.6 Å². The fourth-order valence-electron chi connectivity index (χ4n) is 1.73. The molecule has 0 spiro atoms. The molecule has 0 saturated heterocycles. The second-order valence-electron chi connectivity index (χ2n) is 4.17. The molecule has 3 N–H and O–H groups in total. The molecule has 8 nitrogen and oxygen atoms in total. The van der Waals surface area contributed by atoms with Crippen LogP contribution in [0.4, 0.5) is 5.69 Å². The minimum atomic E-state index is -1.35. The molecule has 2 aromatic rings. The van der Waals surface area contributed by atoms with Gasteiger partial charge in [0.1, 0.15) is 0 Å². The first-order chi connectivity index (χ1) is 10.5. The third-order valence-electron chi connectivity index (χ3n) is 2.73. The monoisotopic (exact) mass is 300 g/mol. The molecule has 22 heavy (non-hydrogen) atoms. The highest BCUT2D eigenvalue weighted by molar-refractivity contribution is 6.08. The molecule has 0 aliphatic heterocycles. The van der Waals surface area contributed by atoms with E-state index in [1.807, 2.05) is 0 Å². The Balaban J connectivity index is 2.26. The van der Waals surface area contributed by atoms with Gasteiger partial charge in [-0.3, -0.25) is 9.59 Å². The van der Waals surface area contributed by atoms with Crippen molar-refractivity contribution in [3.8, 4) is 0 Å². The molecule has 0 aliphatic rings. The van der Waals surface area contributed by atoms with E-state index in [0.29, 0.717) is 11.3 Å². The fraction of sp³-hybridized carbons (Fsp3) is 0.0714. The van der Waals surface area contributed by atoms with E-state index in [0.717, 1.165) is 0 Å². The zero-order valence-corrected chi connectivity index (χ0v) is 11.5. The largest absolute Gasteiger partial charge is 0.476 e. The number of hydrogen-bond donors (Lipinski definition) is 3. The molecule has 112 valence electrons. The van der Waals surface area contributed by atoms with Crippen LogP contribution in [0.15, 0.2) is 36.7 Å². The summed E-state index contributed by atoms with van der Waals surface area (Å²) >= 11 is 0. The summed E-state index contributed by atoms with van der Waals surface area (Å²) in [6.45, 7) is 0. The van der Waals surface area contributed by atoms with Crippen molar-refractivity contribution in [2.24, 2.45) is 0 Å². The number of nitrogens with zero attached hydrogens (tertiary/aromatic N) is 2. The zero-order valence-electron chi connectivity index (χ0n) is 11.5. The molecular weight excluding hydrogens is 288 g/mol. The number of carboxylic acid groups (broad SMARTS) is 1. The van der Waals surface area contributed by atoms with Crippen molar-refractivity contribution in [1.29, 1.82) is 0 Å². The second-order valence-corrected chi connectivity index (χ2v) is 4.17. The molecule has 2 amide bonds. The van der Waals surface area contributed by atoms with Crippen molar-refractivity contribution >= 4 is 23.5 Å². The molecule has 0 aliphatic carbocycles. The van der Waals surface area contributed by atoms with Crippen molar-refractivity contribution in [2.45, 2.75) is 0 Å². The number of anilines is 1. The maximum absolute atomic E-state index is 12.1. The Bertz CT molecular complexity index is 745. The third-order valence-corrected chi connectivity index (χ3v) is 2.73. The van der Waals surface area contributed by atoms with E-state index >= 15 is 0 Å². The summed E-state index contributed by atoms with van der Waals surface area (Å²) in [5.74, 6) is -2.38. The SMILES string of the molecule is CNC(=O)c1cccc(NC(=O)c2nccnc2C(=O)O)c1. The molecule has 1 aromatic heterocycles. The molecule has 0 saturated carbocycles. The fourth-order valence-corrected chi connectivity index (χ4v) is 1.73. The van der Waals surface area contributed by atoms with E-state index in [1.165, 1.54) is 25.5 Å². The molecule has 8 heteroatoms. The van der Waals surface area contributed by atoms with Crippen LogP contribution in [0.25, 0.3) is 0 Å². The summed E-state index contributed by atoms with van der Waals surface area (Å²) in [7, 11) is 1.49. The first-order valence-corrected chi connectivity index (χ1v) is 6.20. The van der Waals surface area contributed by atoms with Gasteiger partial charge >= 0.3 is 5.97 Å². The van der Waals surface area contributed by atoms with Crippen molar-refractivity contribution in [3.63, 3.8) is 0 Å². The van der Waals surface area contributed by atoms with Crippen molar-refractivity contribution in [2.75, 3.05) is 12.4 Å². The minimum Gasteiger partial charge on any atom is -0.476 e. The Hall–Kier alpha value is -3.29. The van der Waals surface area contributed by atoms with Gasteiger partial charge in [-0.15, -0.1) is 0 Å². The number of carbonyl (C=O) groups is 3. The zero-order chi connectivity index (χ0) is 16.1. The first-order valence-electron chi connectivity index (χ1n) is 6.20. The summed E-state index contributed by atoms with van der Waals surface area (Å²) in [5, 5.41) is 13.9. The highest BCUT2D eigenvalue weighted by Gasteiger charge is 2.19. The number of carboxylic acids is 1. The maximum atomic E-state index is 12.1. The smallest absolute Gasteiger partial charge is 0.356 e. The maximum Gasteiger partial charge on any atom is 0.356 e. The van der Waals surface area contributed by atoms with Crippen LogP contribution >= 0.6 is 0 Å². The van der Waals surface area contributed by atoms with Gasteiger partial charge in [-0.25, -0.2) is 14.8 Å². The first kappa shape index (κ1) is 15.1. The van der Waals surface area contributed by atoms with Gasteiger partial charge in [0, 0.05) is 30.7 Å². The number of aromatic nitrogens is 2. The lowest BCUT2D eigenvalue weighted by molar-refractivity contribution is 0.0684. The molecule has 1 aromatic carbocycles. The van der Waals surface area contributed by atoms with E-state index in [-0.39, 0.29) is 11.6 Å². The quantitative estimate of drug-likeness (QED) is 0.767. The number of rotatable bonds is 4. The summed E-state index contributed by atoms with van der Waals surface area (Å²) < 4.78 is 0.